The predicted octanol–water partition coefficient (Wildman–Crippen LogP) is 2.41. The van der Waals surface area contributed by atoms with Gasteiger partial charge in [-0.1, -0.05) is 22.0 Å². The predicted molar refractivity (Wildman–Crippen MR) is 47.7 cm³/mol. The van der Waals surface area contributed by atoms with Crippen LogP contribution in [0.4, 0.5) is 8.78 Å². The summed E-state index contributed by atoms with van der Waals surface area (Å²) in [5, 5.41) is 9.17. The Morgan fingerprint density at radius 3 is 2.62 bits per heavy atom. The second kappa shape index (κ2) is 4.62. The Morgan fingerprint density at radius 1 is 1.46 bits per heavy atom. The van der Waals surface area contributed by atoms with Crippen LogP contribution in [0.5, 0.6) is 0 Å². The van der Waals surface area contributed by atoms with Crippen molar-refractivity contribution in [1.29, 1.82) is 0 Å². The topological polar surface area (TPSA) is 33.1 Å². The van der Waals surface area contributed by atoms with Crippen molar-refractivity contribution in [3.05, 3.63) is 29.1 Å². The van der Waals surface area contributed by atoms with Gasteiger partial charge in [0.25, 0.3) is 6.43 Å². The first-order valence-corrected chi connectivity index (χ1v) is 4.75. The van der Waals surface area contributed by atoms with Gasteiger partial charge in [0.05, 0.1) is 12.3 Å². The van der Waals surface area contributed by atoms with Crippen molar-refractivity contribution in [2.75, 3.05) is 0 Å². The van der Waals surface area contributed by atoms with Crippen LogP contribution in [0.3, 0.4) is 0 Å². The monoisotopic (exact) mass is 251 g/mol. The molecule has 5 heteroatoms. The molecule has 0 radical (unpaired) electrons. The highest BCUT2D eigenvalue weighted by Gasteiger charge is 2.14. The van der Waals surface area contributed by atoms with Gasteiger partial charge in [-0.2, -0.15) is 0 Å². The normalized spacial score (nSPS) is 10.8. The van der Waals surface area contributed by atoms with E-state index < -0.39 is 13.0 Å². The quantitative estimate of drug-likeness (QED) is 0.838. The molecule has 0 aromatic carbocycles. The summed E-state index contributed by atoms with van der Waals surface area (Å²) in [5.41, 5.74) is 0.381. The number of aliphatic hydroxyl groups excluding tert-OH is 1. The molecule has 0 aliphatic carbocycles. The smallest absolute Gasteiger partial charge is 0.280 e. The number of alkyl halides is 3. The minimum atomic E-state index is -2.64. The third-order valence-corrected chi connectivity index (χ3v) is 2.16. The van der Waals surface area contributed by atoms with Gasteiger partial charge < -0.3 is 5.11 Å². The van der Waals surface area contributed by atoms with Crippen LogP contribution < -0.4 is 0 Å². The minimum absolute atomic E-state index is 0.180. The van der Waals surface area contributed by atoms with E-state index in [-0.39, 0.29) is 11.3 Å². The van der Waals surface area contributed by atoms with Crippen LogP contribution in [0.15, 0.2) is 12.1 Å². The molecule has 0 aliphatic heterocycles. The third-order valence-electron chi connectivity index (χ3n) is 1.58. The lowest BCUT2D eigenvalue weighted by atomic mass is 10.2. The summed E-state index contributed by atoms with van der Waals surface area (Å²) in [7, 11) is 0. The highest BCUT2D eigenvalue weighted by atomic mass is 79.9. The number of hydrogen-bond acceptors (Lipinski definition) is 2. The molecule has 0 aliphatic rings. The number of halogens is 3. The van der Waals surface area contributed by atoms with Crippen molar-refractivity contribution in [1.82, 2.24) is 4.98 Å². The Labute approximate surface area is 82.7 Å². The van der Waals surface area contributed by atoms with Crippen molar-refractivity contribution in [2.45, 2.75) is 18.4 Å². The zero-order valence-electron chi connectivity index (χ0n) is 6.67. The molecule has 0 fully saturated rings. The summed E-state index contributed by atoms with van der Waals surface area (Å²) in [6, 6.07) is 3.07. The molecule has 1 rings (SSSR count). The van der Waals surface area contributed by atoms with Gasteiger partial charge in [-0.25, -0.2) is 8.78 Å². The van der Waals surface area contributed by atoms with Gasteiger partial charge in [-0.3, -0.25) is 4.98 Å². The van der Waals surface area contributed by atoms with E-state index >= 15 is 0 Å². The van der Waals surface area contributed by atoms with Crippen molar-refractivity contribution in [3.63, 3.8) is 0 Å². The van der Waals surface area contributed by atoms with Gasteiger partial charge in [-0.05, 0) is 6.07 Å². The lowest BCUT2D eigenvalue weighted by molar-refractivity contribution is 0.141. The fraction of sp³-hybridized carbons (Fsp3) is 0.375. The van der Waals surface area contributed by atoms with Gasteiger partial charge in [0, 0.05) is 10.9 Å². The van der Waals surface area contributed by atoms with E-state index in [1.807, 2.05) is 0 Å². The molecular weight excluding hydrogens is 244 g/mol. The van der Waals surface area contributed by atoms with E-state index in [0.29, 0.717) is 11.0 Å². The second-order valence-corrected chi connectivity index (χ2v) is 3.00. The van der Waals surface area contributed by atoms with Gasteiger partial charge in [0.2, 0.25) is 0 Å². The van der Waals surface area contributed by atoms with Crippen LogP contribution in [-0.4, -0.2) is 10.1 Å². The Bertz CT molecular complexity index is 293. The first-order valence-electron chi connectivity index (χ1n) is 3.62. The molecule has 1 heterocycles. The van der Waals surface area contributed by atoms with Gasteiger partial charge in [0.1, 0.15) is 5.69 Å². The maximum Gasteiger partial charge on any atom is 0.280 e. The van der Waals surface area contributed by atoms with Gasteiger partial charge >= 0.3 is 0 Å². The number of pyridine rings is 1. The number of hydrogen-bond donors (Lipinski definition) is 1. The van der Waals surface area contributed by atoms with Crippen LogP contribution in [0, 0.1) is 0 Å². The molecule has 2 nitrogen and oxygen atoms in total. The summed E-state index contributed by atoms with van der Waals surface area (Å²) < 4.78 is 24.7. The molecule has 0 atom stereocenters. The van der Waals surface area contributed by atoms with Crippen molar-refractivity contribution >= 4 is 15.9 Å². The first kappa shape index (κ1) is 10.5. The Kier molecular flexibility index (Phi) is 3.74. The Hall–Kier alpha value is -0.550. The maximum absolute atomic E-state index is 12.3. The molecule has 72 valence electrons. The zero-order valence-corrected chi connectivity index (χ0v) is 8.26. The van der Waals surface area contributed by atoms with Gasteiger partial charge in [-0.15, -0.1) is 0 Å². The average Bonchev–Trinajstić information content (AvgIpc) is 2.16. The molecule has 0 unspecified atom stereocenters. The van der Waals surface area contributed by atoms with Crippen LogP contribution in [0.2, 0.25) is 0 Å². The standard InChI is InChI=1S/C8H8BrF2NO/c9-3-6-2-1-5(4-13)7(12-6)8(10)11/h1-2,8,13H,3-4H2. The van der Waals surface area contributed by atoms with E-state index in [1.165, 1.54) is 6.07 Å². The summed E-state index contributed by atoms with van der Waals surface area (Å²) >= 11 is 3.12. The molecule has 1 N–H and O–H groups in total. The SMILES string of the molecule is OCc1ccc(CBr)nc1C(F)F. The third kappa shape index (κ3) is 2.45. The molecular formula is C8H8BrF2NO. The van der Waals surface area contributed by atoms with Crippen LogP contribution in [0.25, 0.3) is 0 Å². The van der Waals surface area contributed by atoms with Crippen LogP contribution in [0.1, 0.15) is 23.4 Å². The molecule has 13 heavy (non-hydrogen) atoms. The summed E-state index contributed by atoms with van der Waals surface area (Å²) in [5.74, 6) is 0. The molecule has 0 saturated carbocycles. The second-order valence-electron chi connectivity index (χ2n) is 2.44. The van der Waals surface area contributed by atoms with E-state index in [9.17, 15) is 8.78 Å². The van der Waals surface area contributed by atoms with E-state index in [1.54, 1.807) is 6.07 Å². The first-order chi connectivity index (χ1) is 6.19. The van der Waals surface area contributed by atoms with Crippen molar-refractivity contribution in [2.24, 2.45) is 0 Å². The van der Waals surface area contributed by atoms with Crippen molar-refractivity contribution < 1.29 is 13.9 Å². The molecule has 0 bridgehead atoms. The lowest BCUT2D eigenvalue weighted by Gasteiger charge is -2.06. The molecule has 1 aromatic rings. The largest absolute Gasteiger partial charge is 0.392 e. The summed E-state index contributed by atoms with van der Waals surface area (Å²) in [6.45, 7) is -0.408. The minimum Gasteiger partial charge on any atom is -0.392 e. The number of aliphatic hydroxyl groups is 1. The number of aromatic nitrogens is 1. The molecule has 0 spiro atoms. The maximum atomic E-state index is 12.3. The molecule has 0 amide bonds. The van der Waals surface area contributed by atoms with Crippen molar-refractivity contribution in [3.8, 4) is 0 Å². The number of rotatable bonds is 3. The fourth-order valence-electron chi connectivity index (χ4n) is 0.943. The average molecular weight is 252 g/mol. The van der Waals surface area contributed by atoms with Gasteiger partial charge in [0.15, 0.2) is 0 Å². The van der Waals surface area contributed by atoms with Crippen LogP contribution >= 0.6 is 15.9 Å². The Morgan fingerprint density at radius 2 is 2.15 bits per heavy atom. The van der Waals surface area contributed by atoms with E-state index in [4.69, 9.17) is 5.11 Å². The van der Waals surface area contributed by atoms with Crippen LogP contribution in [-0.2, 0) is 11.9 Å². The summed E-state index contributed by atoms with van der Waals surface area (Å²) in [6.07, 6.45) is -2.64. The van der Waals surface area contributed by atoms with E-state index in [2.05, 4.69) is 20.9 Å². The highest BCUT2D eigenvalue weighted by molar-refractivity contribution is 9.08. The van der Waals surface area contributed by atoms with E-state index in [0.717, 1.165) is 0 Å². The number of nitrogens with zero attached hydrogens (tertiary/aromatic N) is 1. The molecule has 0 saturated heterocycles. The Balaban J connectivity index is 3.10. The highest BCUT2D eigenvalue weighted by Crippen LogP contribution is 2.21. The molecule has 1 aromatic heterocycles. The fourth-order valence-corrected chi connectivity index (χ4v) is 1.26. The summed E-state index contributed by atoms with van der Waals surface area (Å²) in [4.78, 5) is 3.70. The lowest BCUT2D eigenvalue weighted by Crippen LogP contribution is -2.00. The zero-order chi connectivity index (χ0) is 9.84.